The molecule has 2 aromatic heterocycles. The number of anilines is 1. The number of nitriles is 1. The van der Waals surface area contributed by atoms with E-state index in [0.29, 0.717) is 28.8 Å². The first-order valence-corrected chi connectivity index (χ1v) is 12.3. The van der Waals surface area contributed by atoms with Gasteiger partial charge in [0.1, 0.15) is 23.2 Å². The van der Waals surface area contributed by atoms with E-state index in [4.69, 9.17) is 9.15 Å². The number of hydrogen-bond donors (Lipinski definition) is 1. The zero-order valence-corrected chi connectivity index (χ0v) is 20.4. The molecule has 36 heavy (non-hydrogen) atoms. The van der Waals surface area contributed by atoms with Gasteiger partial charge in [-0.2, -0.15) is 5.26 Å². The third kappa shape index (κ3) is 6.14. The van der Waals surface area contributed by atoms with Crippen LogP contribution < -0.4 is 5.32 Å². The van der Waals surface area contributed by atoms with E-state index in [1.807, 2.05) is 48.7 Å². The number of carbonyl (C=O) groups excluding carboxylic acids is 2. The number of amides is 1. The van der Waals surface area contributed by atoms with E-state index in [0.717, 1.165) is 29.7 Å². The molecule has 0 aliphatic carbocycles. The summed E-state index contributed by atoms with van der Waals surface area (Å²) in [4.78, 5) is 29.1. The summed E-state index contributed by atoms with van der Waals surface area (Å²) in [5, 5.41) is 14.4. The van der Waals surface area contributed by atoms with Gasteiger partial charge in [0, 0.05) is 22.6 Å². The highest BCUT2D eigenvalue weighted by Gasteiger charge is 2.14. The van der Waals surface area contributed by atoms with Crippen molar-refractivity contribution in [2.75, 3.05) is 11.9 Å². The first-order valence-electron chi connectivity index (χ1n) is 11.4. The maximum Gasteiger partial charge on any atom is 0.338 e. The Balaban J connectivity index is 1.42. The molecule has 2 aromatic carbocycles. The van der Waals surface area contributed by atoms with Crippen LogP contribution in [-0.4, -0.2) is 23.5 Å². The van der Waals surface area contributed by atoms with Crippen LogP contribution in [0.4, 0.5) is 5.13 Å². The van der Waals surface area contributed by atoms with E-state index in [1.54, 1.807) is 36.4 Å². The molecule has 0 spiro atoms. The largest absolute Gasteiger partial charge is 0.462 e. The molecule has 0 fully saturated rings. The lowest BCUT2D eigenvalue weighted by molar-refractivity contribution is -0.112. The van der Waals surface area contributed by atoms with Gasteiger partial charge in [0.15, 0.2) is 5.13 Å². The van der Waals surface area contributed by atoms with E-state index < -0.39 is 5.91 Å². The van der Waals surface area contributed by atoms with Crippen LogP contribution >= 0.6 is 11.3 Å². The summed E-state index contributed by atoms with van der Waals surface area (Å²) >= 11 is 1.28. The Kier molecular flexibility index (Phi) is 8.06. The minimum absolute atomic E-state index is 0.113. The lowest BCUT2D eigenvalue weighted by Gasteiger charge is -2.04. The van der Waals surface area contributed by atoms with Gasteiger partial charge in [-0.3, -0.25) is 10.1 Å². The van der Waals surface area contributed by atoms with Crippen molar-refractivity contribution >= 4 is 34.4 Å². The van der Waals surface area contributed by atoms with Crippen molar-refractivity contribution in [1.82, 2.24) is 4.98 Å². The second-order valence-corrected chi connectivity index (χ2v) is 8.65. The molecule has 0 atom stereocenters. The Bertz CT molecular complexity index is 1410. The molecule has 4 aromatic rings. The SMILES string of the molecule is CCCCOC(=O)c1ccc(-c2ccc(C=C(C#N)C(=O)Nc3nc(-c4ccccc4)cs3)o2)cc1. The molecule has 0 saturated carbocycles. The number of nitrogens with one attached hydrogen (secondary N) is 1. The summed E-state index contributed by atoms with van der Waals surface area (Å²) in [6.45, 7) is 2.43. The van der Waals surface area contributed by atoms with Crippen molar-refractivity contribution in [2.24, 2.45) is 0 Å². The Morgan fingerprint density at radius 1 is 1.08 bits per heavy atom. The summed E-state index contributed by atoms with van der Waals surface area (Å²) in [6.07, 6.45) is 3.16. The average Bonchev–Trinajstić information content (AvgIpc) is 3.58. The van der Waals surface area contributed by atoms with Crippen molar-refractivity contribution in [1.29, 1.82) is 5.26 Å². The Morgan fingerprint density at radius 3 is 2.58 bits per heavy atom. The summed E-state index contributed by atoms with van der Waals surface area (Å²) in [5.41, 5.74) is 2.78. The molecule has 8 heteroatoms. The monoisotopic (exact) mass is 497 g/mol. The second-order valence-electron chi connectivity index (χ2n) is 7.80. The van der Waals surface area contributed by atoms with Gasteiger partial charge in [0.2, 0.25) is 0 Å². The average molecular weight is 498 g/mol. The molecule has 0 saturated heterocycles. The highest BCUT2D eigenvalue weighted by molar-refractivity contribution is 7.14. The van der Waals surface area contributed by atoms with Crippen LogP contribution in [0.25, 0.3) is 28.7 Å². The fourth-order valence-electron chi connectivity index (χ4n) is 3.28. The van der Waals surface area contributed by atoms with Crippen LogP contribution in [-0.2, 0) is 9.53 Å². The quantitative estimate of drug-likeness (QED) is 0.121. The minimum atomic E-state index is -0.574. The first-order chi connectivity index (χ1) is 17.6. The number of carbonyl (C=O) groups is 2. The summed E-state index contributed by atoms with van der Waals surface area (Å²) in [6, 6.07) is 21.8. The van der Waals surface area contributed by atoms with Crippen LogP contribution in [0.2, 0.25) is 0 Å². The molecule has 0 aliphatic heterocycles. The molecular weight excluding hydrogens is 474 g/mol. The van der Waals surface area contributed by atoms with E-state index in [1.165, 1.54) is 17.4 Å². The molecule has 0 aliphatic rings. The van der Waals surface area contributed by atoms with Crippen molar-refractivity contribution in [2.45, 2.75) is 19.8 Å². The number of unbranched alkanes of at least 4 members (excludes halogenated alkanes) is 1. The van der Waals surface area contributed by atoms with E-state index in [-0.39, 0.29) is 11.5 Å². The van der Waals surface area contributed by atoms with Gasteiger partial charge in [0.25, 0.3) is 5.91 Å². The molecule has 2 heterocycles. The number of esters is 1. The molecule has 4 rings (SSSR count). The highest BCUT2D eigenvalue weighted by Crippen LogP contribution is 2.26. The lowest BCUT2D eigenvalue weighted by atomic mass is 10.1. The topological polar surface area (TPSA) is 105 Å². The van der Waals surface area contributed by atoms with Gasteiger partial charge < -0.3 is 9.15 Å². The van der Waals surface area contributed by atoms with Crippen LogP contribution in [0, 0.1) is 11.3 Å². The van der Waals surface area contributed by atoms with Crippen LogP contribution in [0.3, 0.4) is 0 Å². The van der Waals surface area contributed by atoms with Gasteiger partial charge in [-0.1, -0.05) is 55.8 Å². The Morgan fingerprint density at radius 2 is 1.86 bits per heavy atom. The van der Waals surface area contributed by atoms with Crippen molar-refractivity contribution in [3.05, 3.63) is 89.0 Å². The standard InChI is InChI=1S/C28H23N3O4S/c1-2-3-15-34-27(33)21-11-9-20(10-12-21)25-14-13-23(35-25)16-22(17-29)26(32)31-28-30-24(18-36-28)19-7-5-4-6-8-19/h4-14,16,18H,2-3,15H2,1H3,(H,30,31,32). The van der Waals surface area contributed by atoms with Crippen molar-refractivity contribution in [3.8, 4) is 28.7 Å². The molecule has 0 radical (unpaired) electrons. The third-order valence-corrected chi connectivity index (χ3v) is 5.97. The number of furan rings is 1. The minimum Gasteiger partial charge on any atom is -0.462 e. The van der Waals surface area contributed by atoms with E-state index in [9.17, 15) is 14.9 Å². The Hall–Kier alpha value is -4.48. The van der Waals surface area contributed by atoms with Crippen molar-refractivity contribution < 1.29 is 18.7 Å². The summed E-state index contributed by atoms with van der Waals surface area (Å²) < 4.78 is 11.0. The van der Waals surface area contributed by atoms with Gasteiger partial charge in [-0.25, -0.2) is 9.78 Å². The second kappa shape index (κ2) is 11.8. The van der Waals surface area contributed by atoms with Gasteiger partial charge in [0.05, 0.1) is 17.9 Å². The number of nitrogens with zero attached hydrogens (tertiary/aromatic N) is 2. The molecule has 7 nitrogen and oxygen atoms in total. The fourth-order valence-corrected chi connectivity index (χ4v) is 3.99. The predicted molar refractivity (Wildman–Crippen MR) is 139 cm³/mol. The number of ether oxygens (including phenoxy) is 1. The first kappa shape index (κ1) is 24.6. The normalized spacial score (nSPS) is 11.1. The van der Waals surface area contributed by atoms with Gasteiger partial charge >= 0.3 is 5.97 Å². The van der Waals surface area contributed by atoms with Crippen LogP contribution in [0.15, 0.2) is 82.1 Å². The zero-order chi connectivity index (χ0) is 25.3. The molecule has 0 bridgehead atoms. The number of hydrogen-bond acceptors (Lipinski definition) is 7. The maximum absolute atomic E-state index is 12.6. The predicted octanol–water partition coefficient (Wildman–Crippen LogP) is 6.57. The number of benzene rings is 2. The smallest absolute Gasteiger partial charge is 0.338 e. The highest BCUT2D eigenvalue weighted by atomic mass is 32.1. The van der Waals surface area contributed by atoms with Gasteiger partial charge in [-0.15, -0.1) is 11.3 Å². The van der Waals surface area contributed by atoms with E-state index in [2.05, 4.69) is 10.3 Å². The molecule has 0 unspecified atom stereocenters. The van der Waals surface area contributed by atoms with Gasteiger partial charge in [-0.05, 0) is 30.7 Å². The lowest BCUT2D eigenvalue weighted by Crippen LogP contribution is -2.13. The number of thiazole rings is 1. The number of aromatic nitrogens is 1. The molecular formula is C28H23N3O4S. The molecule has 1 N–H and O–H groups in total. The molecule has 1 amide bonds. The maximum atomic E-state index is 12.6. The molecule has 180 valence electrons. The third-order valence-electron chi connectivity index (χ3n) is 5.21. The Labute approximate surface area is 212 Å². The van der Waals surface area contributed by atoms with Crippen LogP contribution in [0.5, 0.6) is 0 Å². The number of rotatable bonds is 9. The van der Waals surface area contributed by atoms with Crippen molar-refractivity contribution in [3.63, 3.8) is 0 Å². The van der Waals surface area contributed by atoms with Crippen LogP contribution in [0.1, 0.15) is 35.9 Å². The zero-order valence-electron chi connectivity index (χ0n) is 19.6. The summed E-state index contributed by atoms with van der Waals surface area (Å²) in [7, 11) is 0. The van der Waals surface area contributed by atoms with E-state index >= 15 is 0 Å². The summed E-state index contributed by atoms with van der Waals surface area (Å²) in [5.74, 6) is -0.0460. The fraction of sp³-hybridized carbons (Fsp3) is 0.143.